The van der Waals surface area contributed by atoms with Crippen LogP contribution in [0.3, 0.4) is 0 Å². The third-order valence-corrected chi connectivity index (χ3v) is 2.15. The molecule has 0 saturated carbocycles. The molecule has 2 aromatic heterocycles. The molecule has 0 saturated heterocycles. The van der Waals surface area contributed by atoms with Gasteiger partial charge in [-0.3, -0.25) is 19.6 Å². The number of aromatic nitrogens is 4. The zero-order chi connectivity index (χ0) is 15.8. The number of nitrogens with one attached hydrogen (secondary N) is 4. The molecule has 0 unspecified atom stereocenters. The van der Waals surface area contributed by atoms with Gasteiger partial charge < -0.3 is 15.1 Å². The zero-order valence-electron chi connectivity index (χ0n) is 10.9. The maximum absolute atomic E-state index is 10.9. The molecule has 0 bridgehead atoms. The Morgan fingerprint density at radius 1 is 1.00 bits per heavy atom. The molecule has 2 heterocycles. The lowest BCUT2D eigenvalue weighted by Crippen LogP contribution is -2.24. The van der Waals surface area contributed by atoms with Crippen LogP contribution in [-0.2, 0) is 6.61 Å². The Bertz CT molecular complexity index is 891. The number of rotatable bonds is 1. The fraction of sp³-hybridized carbons (Fsp3) is 0.167. The molecule has 5 N–H and O–H groups in total. The molecule has 0 atom stereocenters. The fourth-order valence-corrected chi connectivity index (χ4v) is 1.19. The molecule has 9 nitrogen and oxygen atoms in total. The van der Waals surface area contributed by atoms with Crippen molar-refractivity contribution in [2.24, 2.45) is 0 Å². The van der Waals surface area contributed by atoms with E-state index in [2.05, 4.69) is 26.8 Å². The van der Waals surface area contributed by atoms with E-state index >= 15 is 0 Å². The van der Waals surface area contributed by atoms with Gasteiger partial charge in [0.1, 0.15) is 5.56 Å². The summed E-state index contributed by atoms with van der Waals surface area (Å²) in [6.07, 6.45) is 2.47. The summed E-state index contributed by atoms with van der Waals surface area (Å²) in [4.78, 5) is 50.9. The Morgan fingerprint density at radius 3 is 2.05 bits per heavy atom. The van der Waals surface area contributed by atoms with Gasteiger partial charge in [-0.25, -0.2) is 9.59 Å². The molecular weight excluding hydrogens is 280 g/mol. The van der Waals surface area contributed by atoms with E-state index < -0.39 is 22.5 Å². The summed E-state index contributed by atoms with van der Waals surface area (Å²) in [5.74, 6) is 5.09. The van der Waals surface area contributed by atoms with Crippen LogP contribution in [0.1, 0.15) is 18.1 Å². The molecule has 21 heavy (non-hydrogen) atoms. The number of H-pyrrole nitrogens is 4. The Kier molecular flexibility index (Phi) is 5.66. The van der Waals surface area contributed by atoms with Crippen molar-refractivity contribution in [1.82, 2.24) is 19.9 Å². The van der Waals surface area contributed by atoms with Crippen LogP contribution in [0, 0.1) is 11.8 Å². The lowest BCUT2D eigenvalue weighted by Gasteiger charge is -1.89. The number of hydrogen-bond acceptors (Lipinski definition) is 5. The van der Waals surface area contributed by atoms with Crippen molar-refractivity contribution in [3.8, 4) is 11.8 Å². The van der Waals surface area contributed by atoms with Crippen molar-refractivity contribution in [1.29, 1.82) is 0 Å². The Labute approximate surface area is 116 Å². The van der Waals surface area contributed by atoms with E-state index in [1.165, 1.54) is 12.4 Å². The SMILES string of the molecule is CC#Cc1c[nH]c(=O)[nH]c1=O.O=c1[nH]cc(CO)c(=O)[nH]1. The zero-order valence-corrected chi connectivity index (χ0v) is 10.9. The molecule has 0 aliphatic carbocycles. The van der Waals surface area contributed by atoms with E-state index in [1.807, 2.05) is 4.98 Å². The molecule has 2 rings (SSSR count). The highest BCUT2D eigenvalue weighted by Gasteiger charge is 1.95. The molecule has 0 aromatic carbocycles. The molecule has 0 radical (unpaired) electrons. The first kappa shape index (κ1) is 15.9. The predicted octanol–water partition coefficient (Wildman–Crippen LogP) is -2.01. The number of aliphatic hydroxyl groups is 1. The van der Waals surface area contributed by atoms with Crippen LogP contribution in [0.25, 0.3) is 0 Å². The second kappa shape index (κ2) is 7.46. The van der Waals surface area contributed by atoms with Crippen LogP contribution in [0.15, 0.2) is 31.6 Å². The van der Waals surface area contributed by atoms with Crippen molar-refractivity contribution in [2.45, 2.75) is 13.5 Å². The third-order valence-electron chi connectivity index (χ3n) is 2.15. The van der Waals surface area contributed by atoms with Crippen molar-refractivity contribution in [3.05, 3.63) is 65.2 Å². The van der Waals surface area contributed by atoms with Crippen molar-refractivity contribution < 1.29 is 5.11 Å². The monoisotopic (exact) mass is 292 g/mol. The summed E-state index contributed by atoms with van der Waals surface area (Å²) < 4.78 is 0. The first-order chi connectivity index (χ1) is 9.97. The van der Waals surface area contributed by atoms with Gasteiger partial charge in [0, 0.05) is 12.4 Å². The van der Waals surface area contributed by atoms with Crippen LogP contribution in [0.2, 0.25) is 0 Å². The van der Waals surface area contributed by atoms with Crippen molar-refractivity contribution in [2.75, 3.05) is 0 Å². The molecule has 9 heteroatoms. The summed E-state index contributed by atoms with van der Waals surface area (Å²) in [6.45, 7) is 1.25. The van der Waals surface area contributed by atoms with E-state index in [0.29, 0.717) is 0 Å². The summed E-state index contributed by atoms with van der Waals surface area (Å²) in [5, 5.41) is 8.47. The largest absolute Gasteiger partial charge is 0.391 e. The standard InChI is InChI=1S/C7H6N2O2.C5H6N2O3/c1-2-3-5-4-8-7(11)9-6(5)10;8-2-3-1-6-5(10)7-4(3)9/h4H,1H3,(H2,8,9,10,11);1,8H,2H2,(H2,6,7,9,10). The van der Waals surface area contributed by atoms with Gasteiger partial charge in [0.05, 0.1) is 12.2 Å². The van der Waals surface area contributed by atoms with Crippen LogP contribution in [0.4, 0.5) is 0 Å². The van der Waals surface area contributed by atoms with Crippen molar-refractivity contribution >= 4 is 0 Å². The van der Waals surface area contributed by atoms with Crippen LogP contribution < -0.4 is 22.5 Å². The Morgan fingerprint density at radius 2 is 1.57 bits per heavy atom. The molecule has 0 aliphatic heterocycles. The van der Waals surface area contributed by atoms with Crippen molar-refractivity contribution in [3.63, 3.8) is 0 Å². The lowest BCUT2D eigenvalue weighted by atomic mass is 10.3. The van der Waals surface area contributed by atoms with Gasteiger partial charge in [-0.15, -0.1) is 5.92 Å². The first-order valence-corrected chi connectivity index (χ1v) is 5.64. The Balaban J connectivity index is 0.000000211. The van der Waals surface area contributed by atoms with Gasteiger partial charge in [-0.2, -0.15) is 0 Å². The average molecular weight is 292 g/mol. The van der Waals surface area contributed by atoms with Gasteiger partial charge in [0.2, 0.25) is 0 Å². The maximum atomic E-state index is 10.9. The summed E-state index contributed by atoms with van der Waals surface area (Å²) >= 11 is 0. The highest BCUT2D eigenvalue weighted by atomic mass is 16.3. The topological polar surface area (TPSA) is 152 Å². The number of aromatic amines is 4. The molecule has 0 fully saturated rings. The van der Waals surface area contributed by atoms with E-state index in [4.69, 9.17) is 5.11 Å². The summed E-state index contributed by atoms with van der Waals surface area (Å²) in [5.41, 5.74) is -1.67. The molecule has 2 aromatic rings. The number of aliphatic hydroxyl groups excluding tert-OH is 1. The van der Waals surface area contributed by atoms with Crippen LogP contribution in [0.5, 0.6) is 0 Å². The lowest BCUT2D eigenvalue weighted by molar-refractivity contribution is 0.279. The van der Waals surface area contributed by atoms with Crippen LogP contribution in [-0.4, -0.2) is 25.0 Å². The minimum atomic E-state index is -0.567. The smallest absolute Gasteiger partial charge is 0.325 e. The second-order valence-electron chi connectivity index (χ2n) is 3.62. The average Bonchev–Trinajstić information content (AvgIpc) is 2.43. The molecule has 110 valence electrons. The normalized spacial score (nSPS) is 9.05. The quantitative estimate of drug-likeness (QED) is 0.385. The van der Waals surface area contributed by atoms with E-state index in [0.717, 1.165) is 0 Å². The van der Waals surface area contributed by atoms with Crippen LogP contribution >= 0.6 is 0 Å². The minimum absolute atomic E-state index is 0.152. The molecule has 0 amide bonds. The minimum Gasteiger partial charge on any atom is -0.391 e. The van der Waals surface area contributed by atoms with E-state index in [1.54, 1.807) is 6.92 Å². The van der Waals surface area contributed by atoms with E-state index in [9.17, 15) is 19.2 Å². The molecule has 0 aliphatic rings. The Hall–Kier alpha value is -3.12. The molecule has 0 spiro atoms. The van der Waals surface area contributed by atoms with Gasteiger partial charge in [-0.05, 0) is 6.92 Å². The van der Waals surface area contributed by atoms with Gasteiger partial charge in [0.15, 0.2) is 0 Å². The summed E-state index contributed by atoms with van der Waals surface area (Å²) in [6, 6.07) is 0. The van der Waals surface area contributed by atoms with Gasteiger partial charge in [0.25, 0.3) is 11.1 Å². The highest BCUT2D eigenvalue weighted by molar-refractivity contribution is 5.28. The van der Waals surface area contributed by atoms with Gasteiger partial charge >= 0.3 is 11.4 Å². The second-order valence-corrected chi connectivity index (χ2v) is 3.62. The fourth-order valence-electron chi connectivity index (χ4n) is 1.19. The maximum Gasteiger partial charge on any atom is 0.325 e. The first-order valence-electron chi connectivity index (χ1n) is 5.64. The summed E-state index contributed by atoms with van der Waals surface area (Å²) in [7, 11) is 0. The number of hydrogen-bond donors (Lipinski definition) is 5. The predicted molar refractivity (Wildman–Crippen MR) is 73.8 cm³/mol. The third kappa shape index (κ3) is 4.81. The van der Waals surface area contributed by atoms with E-state index in [-0.39, 0.29) is 17.7 Å². The molecular formula is C12H12N4O5. The highest BCUT2D eigenvalue weighted by Crippen LogP contribution is 1.79. The van der Waals surface area contributed by atoms with Gasteiger partial charge in [-0.1, -0.05) is 5.92 Å².